The lowest BCUT2D eigenvalue weighted by atomic mass is 10.2. The minimum absolute atomic E-state index is 0.00848. The number of carbonyl (C=O) groups is 1. The van der Waals surface area contributed by atoms with Crippen LogP contribution in [0.15, 0.2) is 36.4 Å². The first-order valence-electron chi connectivity index (χ1n) is 8.57. The number of ether oxygens (including phenoxy) is 1. The number of amides is 2. The molecular weight excluding hydrogens is 335 g/mol. The van der Waals surface area contributed by atoms with Crippen molar-refractivity contribution >= 4 is 17.5 Å². The summed E-state index contributed by atoms with van der Waals surface area (Å²) in [6.45, 7) is 5.92. The number of anilines is 2. The van der Waals surface area contributed by atoms with Crippen LogP contribution < -0.4 is 15.0 Å². The molecule has 1 saturated heterocycles. The number of hydrogen-bond acceptors (Lipinski definition) is 4. The van der Waals surface area contributed by atoms with Crippen molar-refractivity contribution in [2.75, 3.05) is 37.0 Å². The van der Waals surface area contributed by atoms with Crippen LogP contribution in [0.4, 0.5) is 20.7 Å². The molecule has 0 saturated carbocycles. The van der Waals surface area contributed by atoms with E-state index in [4.69, 9.17) is 4.74 Å². The van der Waals surface area contributed by atoms with E-state index in [2.05, 4.69) is 15.2 Å². The van der Waals surface area contributed by atoms with Crippen molar-refractivity contribution in [1.82, 2.24) is 9.88 Å². The number of nitrogens with one attached hydrogen (secondary N) is 1. The van der Waals surface area contributed by atoms with Crippen LogP contribution in [0.5, 0.6) is 5.75 Å². The Kier molecular flexibility index (Phi) is 5.25. The Morgan fingerprint density at radius 2 is 2.12 bits per heavy atom. The van der Waals surface area contributed by atoms with Crippen LogP contribution in [-0.2, 0) is 0 Å². The van der Waals surface area contributed by atoms with Gasteiger partial charge in [0.2, 0.25) is 0 Å². The summed E-state index contributed by atoms with van der Waals surface area (Å²) in [6, 6.07) is 10.1. The molecule has 1 aliphatic heterocycles. The zero-order valence-corrected chi connectivity index (χ0v) is 15.2. The van der Waals surface area contributed by atoms with Gasteiger partial charge in [-0.1, -0.05) is 6.07 Å². The number of pyridine rings is 1. The van der Waals surface area contributed by atoms with Gasteiger partial charge in [-0.05, 0) is 38.1 Å². The summed E-state index contributed by atoms with van der Waals surface area (Å²) < 4.78 is 18.7. The van der Waals surface area contributed by atoms with Gasteiger partial charge >= 0.3 is 6.03 Å². The molecule has 0 spiro atoms. The maximum atomic E-state index is 13.8. The molecule has 0 bridgehead atoms. The molecule has 3 rings (SSSR count). The highest BCUT2D eigenvalue weighted by Crippen LogP contribution is 2.22. The van der Waals surface area contributed by atoms with Gasteiger partial charge in [-0.25, -0.2) is 14.2 Å². The number of nitrogens with zero attached hydrogens (tertiary/aromatic N) is 3. The predicted molar refractivity (Wildman–Crippen MR) is 99.3 cm³/mol. The summed E-state index contributed by atoms with van der Waals surface area (Å²) in [4.78, 5) is 21.0. The summed E-state index contributed by atoms with van der Waals surface area (Å²) in [5.74, 6) is 0.568. The van der Waals surface area contributed by atoms with E-state index in [-0.39, 0.29) is 17.8 Å². The van der Waals surface area contributed by atoms with Crippen molar-refractivity contribution in [2.45, 2.75) is 19.9 Å². The number of aryl methyl sites for hydroxylation is 1. The quantitative estimate of drug-likeness (QED) is 0.915. The van der Waals surface area contributed by atoms with Crippen LogP contribution in [0.1, 0.15) is 12.6 Å². The minimum atomic E-state index is -0.506. The lowest BCUT2D eigenvalue weighted by Gasteiger charge is -2.40. The Morgan fingerprint density at radius 1 is 1.31 bits per heavy atom. The highest BCUT2D eigenvalue weighted by atomic mass is 19.1. The molecule has 26 heavy (non-hydrogen) atoms. The molecular formula is C19H23FN4O2. The smallest absolute Gasteiger partial charge is 0.322 e. The van der Waals surface area contributed by atoms with Gasteiger partial charge in [0.25, 0.3) is 0 Å². The van der Waals surface area contributed by atoms with E-state index in [1.165, 1.54) is 19.2 Å². The van der Waals surface area contributed by atoms with Crippen molar-refractivity contribution in [3.8, 4) is 5.75 Å². The number of hydrogen-bond donors (Lipinski definition) is 1. The molecule has 1 N–H and O–H groups in total. The molecule has 2 amide bonds. The molecule has 6 nitrogen and oxygen atoms in total. The largest absolute Gasteiger partial charge is 0.494 e. The van der Waals surface area contributed by atoms with E-state index in [1.807, 2.05) is 32.0 Å². The number of aromatic nitrogens is 1. The summed E-state index contributed by atoms with van der Waals surface area (Å²) in [5.41, 5.74) is 1.38. The fourth-order valence-corrected chi connectivity index (χ4v) is 3.11. The fourth-order valence-electron chi connectivity index (χ4n) is 3.11. The molecule has 1 aliphatic rings. The average molecular weight is 358 g/mol. The molecule has 0 radical (unpaired) electrons. The predicted octanol–water partition coefficient (Wildman–Crippen LogP) is 3.28. The van der Waals surface area contributed by atoms with Gasteiger partial charge in [0.05, 0.1) is 7.11 Å². The van der Waals surface area contributed by atoms with E-state index >= 15 is 0 Å². The maximum Gasteiger partial charge on any atom is 0.322 e. The normalized spacial score (nSPS) is 17.2. The Labute approximate surface area is 152 Å². The van der Waals surface area contributed by atoms with Gasteiger partial charge in [0.15, 0.2) is 11.6 Å². The van der Waals surface area contributed by atoms with Crippen LogP contribution in [0, 0.1) is 12.7 Å². The summed E-state index contributed by atoms with van der Waals surface area (Å²) in [5, 5.41) is 2.76. The highest BCUT2D eigenvalue weighted by Gasteiger charge is 2.28. The third kappa shape index (κ3) is 3.87. The van der Waals surface area contributed by atoms with Crippen LogP contribution in [0.25, 0.3) is 0 Å². The van der Waals surface area contributed by atoms with E-state index < -0.39 is 5.82 Å². The summed E-state index contributed by atoms with van der Waals surface area (Å²) in [7, 11) is 1.40. The van der Waals surface area contributed by atoms with Gasteiger partial charge in [-0.2, -0.15) is 0 Å². The van der Waals surface area contributed by atoms with Crippen LogP contribution in [-0.4, -0.2) is 48.7 Å². The second-order valence-electron chi connectivity index (χ2n) is 6.41. The van der Waals surface area contributed by atoms with Gasteiger partial charge in [0, 0.05) is 43.1 Å². The van der Waals surface area contributed by atoms with Crippen LogP contribution >= 0.6 is 0 Å². The monoisotopic (exact) mass is 358 g/mol. The zero-order valence-electron chi connectivity index (χ0n) is 15.2. The first-order valence-corrected chi connectivity index (χ1v) is 8.57. The fraction of sp³-hybridized carbons (Fsp3) is 0.368. The van der Waals surface area contributed by atoms with E-state index in [1.54, 1.807) is 11.0 Å². The minimum Gasteiger partial charge on any atom is -0.494 e. The molecule has 7 heteroatoms. The number of piperazine rings is 1. The first-order chi connectivity index (χ1) is 12.5. The van der Waals surface area contributed by atoms with E-state index in [9.17, 15) is 9.18 Å². The molecule has 138 valence electrons. The van der Waals surface area contributed by atoms with E-state index in [0.717, 1.165) is 11.5 Å². The average Bonchev–Trinajstić information content (AvgIpc) is 2.61. The molecule has 0 aliphatic carbocycles. The number of halogens is 1. The molecule has 2 heterocycles. The van der Waals surface area contributed by atoms with Gasteiger partial charge < -0.3 is 19.9 Å². The molecule has 1 unspecified atom stereocenters. The number of carbonyl (C=O) groups excluding carboxylic acids is 1. The second kappa shape index (κ2) is 7.59. The van der Waals surface area contributed by atoms with Crippen molar-refractivity contribution in [1.29, 1.82) is 0 Å². The Bertz CT molecular complexity index is 799. The van der Waals surface area contributed by atoms with Gasteiger partial charge in [0.1, 0.15) is 5.82 Å². The molecule has 1 fully saturated rings. The van der Waals surface area contributed by atoms with Crippen molar-refractivity contribution < 1.29 is 13.9 Å². The first kappa shape index (κ1) is 18.0. The number of benzene rings is 1. The number of methoxy groups -OCH3 is 1. The maximum absolute atomic E-state index is 13.8. The third-order valence-electron chi connectivity index (χ3n) is 4.49. The van der Waals surface area contributed by atoms with Crippen LogP contribution in [0.3, 0.4) is 0 Å². The standard InChI is InChI=1S/C19H23FN4O2/c1-13-5-4-6-18(21-13)23-9-10-24(14(2)12-23)19(25)22-15-7-8-17(26-3)16(20)11-15/h4-8,11,14H,9-10,12H2,1-3H3,(H,22,25). The van der Waals surface area contributed by atoms with Crippen molar-refractivity contribution in [2.24, 2.45) is 0 Å². The lowest BCUT2D eigenvalue weighted by molar-refractivity contribution is 0.184. The number of urea groups is 1. The summed E-state index contributed by atoms with van der Waals surface area (Å²) >= 11 is 0. The third-order valence-corrected chi connectivity index (χ3v) is 4.49. The second-order valence-corrected chi connectivity index (χ2v) is 6.41. The van der Waals surface area contributed by atoms with Crippen LogP contribution in [0.2, 0.25) is 0 Å². The molecule has 2 aromatic rings. The Morgan fingerprint density at radius 3 is 2.77 bits per heavy atom. The molecule has 1 atom stereocenters. The lowest BCUT2D eigenvalue weighted by Crippen LogP contribution is -2.55. The SMILES string of the molecule is COc1ccc(NC(=O)N2CCN(c3cccc(C)n3)CC2C)cc1F. The van der Waals surface area contributed by atoms with Crippen molar-refractivity contribution in [3.05, 3.63) is 47.9 Å². The van der Waals surface area contributed by atoms with Gasteiger partial charge in [-0.3, -0.25) is 0 Å². The Balaban J connectivity index is 1.63. The summed E-state index contributed by atoms with van der Waals surface area (Å²) in [6.07, 6.45) is 0. The zero-order chi connectivity index (χ0) is 18.7. The van der Waals surface area contributed by atoms with E-state index in [0.29, 0.717) is 25.3 Å². The van der Waals surface area contributed by atoms with Gasteiger partial charge in [-0.15, -0.1) is 0 Å². The Hall–Kier alpha value is -2.83. The highest BCUT2D eigenvalue weighted by molar-refractivity contribution is 5.89. The number of rotatable bonds is 3. The molecule has 1 aromatic heterocycles. The van der Waals surface area contributed by atoms with Crippen molar-refractivity contribution in [3.63, 3.8) is 0 Å². The molecule has 1 aromatic carbocycles. The topological polar surface area (TPSA) is 57.7 Å².